The minimum absolute atomic E-state index is 0.213. The van der Waals surface area contributed by atoms with Crippen LogP contribution in [0.15, 0.2) is 34.8 Å². The predicted molar refractivity (Wildman–Crippen MR) is 55.9 cm³/mol. The van der Waals surface area contributed by atoms with Crippen molar-refractivity contribution in [1.29, 1.82) is 0 Å². The van der Waals surface area contributed by atoms with Gasteiger partial charge in [-0.1, -0.05) is 40.2 Å². The van der Waals surface area contributed by atoms with Gasteiger partial charge in [0, 0.05) is 16.5 Å². The second kappa shape index (κ2) is 3.46. The van der Waals surface area contributed by atoms with Gasteiger partial charge in [-0.2, -0.15) is 0 Å². The Morgan fingerprint density at radius 2 is 1.92 bits per heavy atom. The molecule has 1 aromatic carbocycles. The van der Waals surface area contributed by atoms with Crippen molar-refractivity contribution in [3.05, 3.63) is 46.0 Å². The van der Waals surface area contributed by atoms with Crippen molar-refractivity contribution < 1.29 is 4.79 Å². The smallest absolute Gasteiger partial charge is 0.166 e. The molecule has 1 aliphatic rings. The normalized spacial score (nSPS) is 15.3. The summed E-state index contributed by atoms with van der Waals surface area (Å²) in [6.07, 6.45) is 5.37. The van der Waals surface area contributed by atoms with Crippen molar-refractivity contribution in [3.8, 4) is 0 Å². The van der Waals surface area contributed by atoms with Gasteiger partial charge in [0.05, 0.1) is 0 Å². The van der Waals surface area contributed by atoms with Gasteiger partial charge in [0.1, 0.15) is 0 Å². The number of benzene rings is 1. The molecular weight excluding hydrogens is 228 g/mol. The number of hydrogen-bond donors (Lipinski definition) is 0. The Balaban J connectivity index is 2.60. The van der Waals surface area contributed by atoms with E-state index in [-0.39, 0.29) is 5.78 Å². The number of rotatable bonds is 0. The molecule has 0 heterocycles. The third kappa shape index (κ3) is 1.59. The van der Waals surface area contributed by atoms with Crippen LogP contribution in [0.2, 0.25) is 0 Å². The molecule has 0 fully saturated rings. The maximum atomic E-state index is 11.6. The Bertz CT molecular complexity index is 380. The Morgan fingerprint density at radius 1 is 1.15 bits per heavy atom. The molecule has 0 saturated carbocycles. The van der Waals surface area contributed by atoms with E-state index < -0.39 is 0 Å². The van der Waals surface area contributed by atoms with E-state index in [4.69, 9.17) is 0 Å². The molecule has 0 spiro atoms. The summed E-state index contributed by atoms with van der Waals surface area (Å²) in [6, 6.07) is 5.78. The van der Waals surface area contributed by atoms with Crippen LogP contribution in [0, 0.1) is 0 Å². The van der Waals surface area contributed by atoms with Gasteiger partial charge >= 0.3 is 0 Å². The van der Waals surface area contributed by atoms with Crippen LogP contribution in [0.4, 0.5) is 0 Å². The molecule has 0 aromatic heterocycles. The summed E-state index contributed by atoms with van der Waals surface area (Å²) in [7, 11) is 0. The molecule has 0 radical (unpaired) electrons. The number of hydrogen-bond acceptors (Lipinski definition) is 1. The van der Waals surface area contributed by atoms with Crippen molar-refractivity contribution in [2.75, 3.05) is 0 Å². The van der Waals surface area contributed by atoms with Crippen LogP contribution in [0.5, 0.6) is 0 Å². The summed E-state index contributed by atoms with van der Waals surface area (Å²) in [4.78, 5) is 11.6. The summed E-state index contributed by atoms with van der Waals surface area (Å²) in [5, 5.41) is 0. The van der Waals surface area contributed by atoms with Crippen LogP contribution in [0.3, 0.4) is 0 Å². The first-order valence-corrected chi connectivity index (χ1v) is 5.04. The average molecular weight is 237 g/mol. The van der Waals surface area contributed by atoms with Crippen molar-refractivity contribution in [3.63, 3.8) is 0 Å². The predicted octanol–water partition coefficient (Wildman–Crippen LogP) is 3.13. The molecule has 1 aliphatic carbocycles. The van der Waals surface area contributed by atoms with Crippen molar-refractivity contribution in [1.82, 2.24) is 0 Å². The number of carbonyl (C=O) groups is 1. The zero-order chi connectivity index (χ0) is 9.26. The highest BCUT2D eigenvalue weighted by molar-refractivity contribution is 9.10. The molecule has 2 heteroatoms. The highest BCUT2D eigenvalue weighted by Gasteiger charge is 2.13. The van der Waals surface area contributed by atoms with Gasteiger partial charge < -0.3 is 0 Å². The summed E-state index contributed by atoms with van der Waals surface area (Å²) in [5.41, 5.74) is 1.97. The van der Waals surface area contributed by atoms with Crippen LogP contribution in [0.1, 0.15) is 22.3 Å². The monoisotopic (exact) mass is 236 g/mol. The molecule has 0 saturated heterocycles. The minimum Gasteiger partial charge on any atom is -0.294 e. The highest BCUT2D eigenvalue weighted by Crippen LogP contribution is 2.24. The topological polar surface area (TPSA) is 17.1 Å². The molecule has 1 nitrogen and oxygen atoms in total. The minimum atomic E-state index is 0.213. The van der Waals surface area contributed by atoms with Crippen LogP contribution in [-0.2, 0) is 6.42 Å². The molecule has 66 valence electrons. The molecule has 0 amide bonds. The second-order valence-electron chi connectivity index (χ2n) is 3.07. The fraction of sp³-hybridized carbons (Fsp3) is 0.182. The van der Waals surface area contributed by atoms with Gasteiger partial charge in [-0.25, -0.2) is 0 Å². The molecular formula is C11H9BrO. The van der Waals surface area contributed by atoms with Crippen LogP contribution in [0.25, 0.3) is 0 Å². The van der Waals surface area contributed by atoms with E-state index in [1.807, 2.05) is 24.3 Å². The van der Waals surface area contributed by atoms with Gasteiger partial charge in [-0.3, -0.25) is 4.79 Å². The van der Waals surface area contributed by atoms with E-state index in [0.29, 0.717) is 6.42 Å². The molecule has 0 aliphatic heterocycles. The largest absolute Gasteiger partial charge is 0.294 e. The third-order valence-corrected chi connectivity index (χ3v) is 2.95. The number of ketones is 1. The molecule has 1 aromatic rings. The van der Waals surface area contributed by atoms with E-state index in [9.17, 15) is 4.79 Å². The van der Waals surface area contributed by atoms with Gasteiger partial charge in [-0.05, 0) is 18.1 Å². The molecule has 0 atom stereocenters. The first-order valence-electron chi connectivity index (χ1n) is 4.24. The molecule has 2 rings (SSSR count). The quantitative estimate of drug-likeness (QED) is 0.633. The van der Waals surface area contributed by atoms with E-state index in [1.165, 1.54) is 0 Å². The summed E-state index contributed by atoms with van der Waals surface area (Å²) in [6.45, 7) is 0. The second-order valence-corrected chi connectivity index (χ2v) is 3.92. The highest BCUT2D eigenvalue weighted by atomic mass is 79.9. The Morgan fingerprint density at radius 3 is 2.77 bits per heavy atom. The number of Topliss-reactive ketones (excluding diaryl/α,β-unsaturated/α-hetero) is 1. The van der Waals surface area contributed by atoms with Crippen molar-refractivity contribution in [2.24, 2.45) is 0 Å². The lowest BCUT2D eigenvalue weighted by molar-refractivity contribution is 0.0996. The lowest BCUT2D eigenvalue weighted by Gasteiger charge is -2.05. The first kappa shape index (κ1) is 8.70. The lowest BCUT2D eigenvalue weighted by atomic mass is 10.0. The Labute approximate surface area is 85.6 Å². The van der Waals surface area contributed by atoms with Gasteiger partial charge in [0.2, 0.25) is 0 Å². The molecule has 0 bridgehead atoms. The zero-order valence-electron chi connectivity index (χ0n) is 7.09. The standard InChI is InChI=1S/C11H9BrO/c12-10-6-3-5-9-8(10)4-1-2-7-11(9)13/h1-3,5-6H,4,7H2. The van der Waals surface area contributed by atoms with Crippen LogP contribution in [-0.4, -0.2) is 5.78 Å². The summed E-state index contributed by atoms with van der Waals surface area (Å²) < 4.78 is 1.03. The summed E-state index contributed by atoms with van der Waals surface area (Å²) in [5.74, 6) is 0.213. The van der Waals surface area contributed by atoms with Crippen LogP contribution < -0.4 is 0 Å². The van der Waals surface area contributed by atoms with E-state index in [1.54, 1.807) is 0 Å². The first-order chi connectivity index (χ1) is 6.29. The van der Waals surface area contributed by atoms with E-state index in [0.717, 1.165) is 22.0 Å². The number of fused-ring (bicyclic) bond motifs is 1. The molecule has 0 unspecified atom stereocenters. The molecule has 13 heavy (non-hydrogen) atoms. The number of carbonyl (C=O) groups excluding carboxylic acids is 1. The summed E-state index contributed by atoms with van der Waals surface area (Å²) >= 11 is 3.46. The van der Waals surface area contributed by atoms with Crippen LogP contribution >= 0.6 is 15.9 Å². The molecule has 0 N–H and O–H groups in total. The van der Waals surface area contributed by atoms with E-state index in [2.05, 4.69) is 22.0 Å². The SMILES string of the molecule is O=C1CC=CCc2c(Br)cccc21. The fourth-order valence-corrected chi connectivity index (χ4v) is 2.06. The Kier molecular flexibility index (Phi) is 2.32. The fourth-order valence-electron chi connectivity index (χ4n) is 1.53. The zero-order valence-corrected chi connectivity index (χ0v) is 8.67. The number of allylic oxidation sites excluding steroid dienone is 2. The Hall–Kier alpha value is -0.890. The van der Waals surface area contributed by atoms with Crippen molar-refractivity contribution in [2.45, 2.75) is 12.8 Å². The van der Waals surface area contributed by atoms with E-state index >= 15 is 0 Å². The average Bonchev–Trinajstić information content (AvgIpc) is 2.30. The third-order valence-electron chi connectivity index (χ3n) is 2.21. The van der Waals surface area contributed by atoms with Gasteiger partial charge in [-0.15, -0.1) is 0 Å². The van der Waals surface area contributed by atoms with Gasteiger partial charge in [0.15, 0.2) is 5.78 Å². The van der Waals surface area contributed by atoms with Crippen molar-refractivity contribution >= 4 is 21.7 Å². The van der Waals surface area contributed by atoms with Gasteiger partial charge in [0.25, 0.3) is 0 Å². The lowest BCUT2D eigenvalue weighted by Crippen LogP contribution is -2.00. The maximum absolute atomic E-state index is 11.6. The number of halogens is 1. The maximum Gasteiger partial charge on any atom is 0.166 e.